The smallest absolute Gasteiger partial charge is 0.120 e. The summed E-state index contributed by atoms with van der Waals surface area (Å²) in [5.74, 6) is 0. The van der Waals surface area contributed by atoms with Gasteiger partial charge in [-0.25, -0.2) is 0 Å². The Balaban J connectivity index is 0.000000270. The summed E-state index contributed by atoms with van der Waals surface area (Å²) in [4.78, 5) is 9.25. The summed E-state index contributed by atoms with van der Waals surface area (Å²) in [6, 6.07) is 69.2. The van der Waals surface area contributed by atoms with Gasteiger partial charge in [0.2, 0.25) is 0 Å². The predicted molar refractivity (Wildman–Crippen MR) is 233 cm³/mol. The molecule has 0 spiro atoms. The first kappa shape index (κ1) is 35.3. The van der Waals surface area contributed by atoms with Gasteiger partial charge in [-0.15, -0.1) is 54.1 Å². The molecular weight excluding hydrogens is 889 g/mol. The van der Waals surface area contributed by atoms with Crippen LogP contribution in [0.3, 0.4) is 0 Å². The van der Waals surface area contributed by atoms with E-state index < -0.39 is 0 Å². The molecule has 12 rings (SSSR count). The number of fused-ring (bicyclic) bond motifs is 9. The van der Waals surface area contributed by atoms with E-state index in [1.807, 2.05) is 72.9 Å². The van der Waals surface area contributed by atoms with E-state index in [-0.39, 0.29) is 20.1 Å². The van der Waals surface area contributed by atoms with Crippen LogP contribution >= 0.6 is 0 Å². The molecule has 0 aliphatic heterocycles. The minimum atomic E-state index is 0. The first-order chi connectivity index (χ1) is 28.3. The topological polar surface area (TPSA) is 48.8 Å². The second-order valence-electron chi connectivity index (χ2n) is 14.0. The van der Waals surface area contributed by atoms with Crippen molar-refractivity contribution in [2.24, 2.45) is 0 Å². The second-order valence-corrected chi connectivity index (χ2v) is 14.0. The van der Waals surface area contributed by atoms with Gasteiger partial charge in [-0.3, -0.25) is 0 Å². The Morgan fingerprint density at radius 3 is 1.83 bits per heavy atom. The van der Waals surface area contributed by atoms with Crippen molar-refractivity contribution in [3.8, 4) is 33.9 Å². The van der Waals surface area contributed by atoms with Gasteiger partial charge in [0.15, 0.2) is 0 Å². The van der Waals surface area contributed by atoms with Crippen LogP contribution in [0.25, 0.3) is 99.4 Å². The normalized spacial score (nSPS) is 11.3. The van der Waals surface area contributed by atoms with E-state index in [0.717, 1.165) is 72.2 Å². The maximum absolute atomic E-state index is 6.38. The van der Waals surface area contributed by atoms with Crippen LogP contribution < -0.4 is 0 Å². The summed E-state index contributed by atoms with van der Waals surface area (Å²) in [6.45, 7) is 0. The van der Waals surface area contributed by atoms with Crippen molar-refractivity contribution in [3.05, 3.63) is 207 Å². The molecule has 0 N–H and O–H groups in total. The molecule has 5 heterocycles. The average molecular weight is 921 g/mol. The Morgan fingerprint density at radius 1 is 0.431 bits per heavy atom. The maximum atomic E-state index is 6.38. The van der Waals surface area contributed by atoms with Gasteiger partial charge in [-0.1, -0.05) is 102 Å². The summed E-state index contributed by atoms with van der Waals surface area (Å²) in [5.41, 5.74) is 12.2. The van der Waals surface area contributed by atoms with Crippen molar-refractivity contribution in [1.82, 2.24) is 19.1 Å². The molecule has 0 bridgehead atoms. The number of pyridine rings is 2. The third-order valence-electron chi connectivity index (χ3n) is 10.7. The molecule has 5 nitrogen and oxygen atoms in total. The number of hydrogen-bond acceptors (Lipinski definition) is 3. The van der Waals surface area contributed by atoms with E-state index in [1.54, 1.807) is 6.20 Å². The summed E-state index contributed by atoms with van der Waals surface area (Å²) >= 11 is 0. The number of rotatable bonds is 4. The Kier molecular flexibility index (Phi) is 8.99. The Morgan fingerprint density at radius 2 is 1.09 bits per heavy atom. The van der Waals surface area contributed by atoms with Crippen LogP contribution in [-0.4, -0.2) is 19.1 Å². The quantitative estimate of drug-likeness (QED) is 0.165. The first-order valence-electron chi connectivity index (χ1n) is 19.0. The zero-order chi connectivity index (χ0) is 37.7. The molecule has 1 radical (unpaired) electrons. The molecule has 5 aromatic heterocycles. The third-order valence-corrected chi connectivity index (χ3v) is 10.7. The first-order valence-corrected chi connectivity index (χ1v) is 19.0. The minimum absolute atomic E-state index is 0. The van der Waals surface area contributed by atoms with Gasteiger partial charge in [0, 0.05) is 70.8 Å². The van der Waals surface area contributed by atoms with Crippen LogP contribution in [-0.2, 0) is 20.1 Å². The third kappa shape index (κ3) is 5.90. The summed E-state index contributed by atoms with van der Waals surface area (Å²) < 4.78 is 11.1. The molecule has 12 aromatic rings. The van der Waals surface area contributed by atoms with Crippen molar-refractivity contribution >= 4 is 65.6 Å². The molecule has 0 atom stereocenters. The molecule has 0 unspecified atom stereocenters. The molecule has 277 valence electrons. The molecule has 7 aromatic carbocycles. The average Bonchev–Trinajstić information content (AvgIpc) is 3.94. The van der Waals surface area contributed by atoms with Crippen LogP contribution in [0.15, 0.2) is 199 Å². The van der Waals surface area contributed by atoms with Crippen LogP contribution in [0.5, 0.6) is 0 Å². The van der Waals surface area contributed by atoms with E-state index in [2.05, 4.69) is 142 Å². The van der Waals surface area contributed by atoms with Crippen molar-refractivity contribution in [2.75, 3.05) is 0 Å². The van der Waals surface area contributed by atoms with Gasteiger partial charge in [0.1, 0.15) is 5.58 Å². The van der Waals surface area contributed by atoms with E-state index in [0.29, 0.717) is 0 Å². The number of aromatic nitrogens is 4. The largest absolute Gasteiger partial charge is 0.501 e. The van der Waals surface area contributed by atoms with Gasteiger partial charge < -0.3 is 23.5 Å². The van der Waals surface area contributed by atoms with E-state index in [9.17, 15) is 0 Å². The fourth-order valence-corrected chi connectivity index (χ4v) is 8.18. The van der Waals surface area contributed by atoms with Gasteiger partial charge >= 0.3 is 0 Å². The van der Waals surface area contributed by atoms with Crippen molar-refractivity contribution in [3.63, 3.8) is 0 Å². The van der Waals surface area contributed by atoms with Gasteiger partial charge in [0.25, 0.3) is 0 Å². The van der Waals surface area contributed by atoms with Crippen LogP contribution in [0.4, 0.5) is 0 Å². The summed E-state index contributed by atoms with van der Waals surface area (Å²) in [6.07, 6.45) is 3.79. The molecule has 0 amide bonds. The maximum Gasteiger partial charge on any atom is 0.120 e. The van der Waals surface area contributed by atoms with Crippen molar-refractivity contribution in [2.45, 2.75) is 0 Å². The predicted octanol–water partition coefficient (Wildman–Crippen LogP) is 13.2. The van der Waals surface area contributed by atoms with Crippen LogP contribution in [0.1, 0.15) is 0 Å². The monoisotopic (exact) mass is 921 g/mol. The Hall–Kier alpha value is -7.11. The van der Waals surface area contributed by atoms with Crippen LogP contribution in [0, 0.1) is 12.1 Å². The fraction of sp³-hybridized carbons (Fsp3) is 0. The fourth-order valence-electron chi connectivity index (χ4n) is 8.18. The Bertz CT molecular complexity index is 3350. The van der Waals surface area contributed by atoms with E-state index in [1.165, 1.54) is 27.2 Å². The van der Waals surface area contributed by atoms with Crippen LogP contribution in [0.2, 0.25) is 0 Å². The second kappa shape index (κ2) is 14.8. The zero-order valence-electron chi connectivity index (χ0n) is 31.0. The molecule has 0 aliphatic rings. The molecule has 6 heteroatoms. The van der Waals surface area contributed by atoms with Gasteiger partial charge in [-0.2, -0.15) is 0 Å². The standard InChI is InChI=1S/C41H24N3O.C11H8N.Ir/c1-3-12-26(13-4-1)43-36-20-9-7-16-28(36)32-22-33-34-23-35(31-19-11-18-30-29-17-8-10-21-40(29)45-41(30)31)42-25-39(34)44(38(33)24-37(32)43)27-14-5-2-6-15-27;1-2-6-10(7-3-1)11-8-4-5-9-12-11;/h1-18,20-25H;1-6,8-9H;/q2*-1;. The number of furan rings is 1. The summed E-state index contributed by atoms with van der Waals surface area (Å²) in [7, 11) is 0. The number of benzene rings is 7. The van der Waals surface area contributed by atoms with Crippen molar-refractivity contribution < 1.29 is 24.5 Å². The molecule has 0 aliphatic carbocycles. The molecule has 58 heavy (non-hydrogen) atoms. The molecular formula is C52H32IrN4O-2. The SMILES string of the molecule is [Ir].[c-]1ccc2c(oc3ccccc32)c1-c1cc2c3cc4c5ccccc5n(-c5ccccc5)c4cc3n(-c3ccccc3)c2cn1.[c-]1ccccc1-c1ccccn1. The minimum Gasteiger partial charge on any atom is -0.501 e. The molecule has 0 saturated heterocycles. The molecule has 0 fully saturated rings. The van der Waals surface area contributed by atoms with E-state index >= 15 is 0 Å². The number of nitrogens with zero attached hydrogens (tertiary/aromatic N) is 4. The van der Waals surface area contributed by atoms with Gasteiger partial charge in [0.05, 0.1) is 27.6 Å². The van der Waals surface area contributed by atoms with Gasteiger partial charge in [-0.05, 0) is 66.0 Å². The Labute approximate surface area is 347 Å². The van der Waals surface area contributed by atoms with Crippen molar-refractivity contribution in [1.29, 1.82) is 0 Å². The number of para-hydroxylation sites is 4. The number of hydrogen-bond donors (Lipinski definition) is 0. The zero-order valence-corrected chi connectivity index (χ0v) is 33.4. The summed E-state index contributed by atoms with van der Waals surface area (Å²) in [5, 5.41) is 6.94. The van der Waals surface area contributed by atoms with E-state index in [4.69, 9.17) is 9.40 Å². The molecule has 0 saturated carbocycles.